The summed E-state index contributed by atoms with van der Waals surface area (Å²) >= 11 is 0. The summed E-state index contributed by atoms with van der Waals surface area (Å²) in [6.45, 7) is 3.62. The SMILES string of the molecule is CCOC(=O)[C@@H](NS(=O)(=O)c1ccc(C)cc1)[C@H](Nc1ccc(OC)cc1OC)c1ccccc1. The molecule has 2 atom stereocenters. The van der Waals surface area contributed by atoms with Crippen LogP contribution in [0.4, 0.5) is 5.69 Å². The van der Waals surface area contributed by atoms with Gasteiger partial charge in [-0.2, -0.15) is 4.72 Å². The zero-order valence-corrected chi connectivity index (χ0v) is 21.0. The van der Waals surface area contributed by atoms with Crippen LogP contribution >= 0.6 is 0 Å². The van der Waals surface area contributed by atoms with Crippen LogP contribution in [0.2, 0.25) is 0 Å². The number of rotatable bonds is 11. The molecular weight excluding hydrogens is 468 g/mol. The third-order valence-corrected chi connectivity index (χ3v) is 6.82. The second kappa shape index (κ2) is 11.7. The van der Waals surface area contributed by atoms with E-state index in [9.17, 15) is 13.2 Å². The van der Waals surface area contributed by atoms with Crippen molar-refractivity contribution < 1.29 is 27.4 Å². The summed E-state index contributed by atoms with van der Waals surface area (Å²) in [6.07, 6.45) is 0. The van der Waals surface area contributed by atoms with E-state index in [-0.39, 0.29) is 11.5 Å². The maximum absolute atomic E-state index is 13.3. The second-order valence-electron chi connectivity index (χ2n) is 7.76. The molecule has 0 unspecified atom stereocenters. The molecule has 0 amide bonds. The quantitative estimate of drug-likeness (QED) is 0.384. The Hall–Kier alpha value is -3.56. The van der Waals surface area contributed by atoms with Crippen LogP contribution in [-0.2, 0) is 19.6 Å². The fourth-order valence-corrected chi connectivity index (χ4v) is 4.74. The first kappa shape index (κ1) is 26.1. The van der Waals surface area contributed by atoms with Crippen molar-refractivity contribution >= 4 is 21.7 Å². The minimum absolute atomic E-state index is 0.0474. The molecule has 3 aromatic carbocycles. The molecule has 9 heteroatoms. The predicted molar refractivity (Wildman–Crippen MR) is 134 cm³/mol. The minimum Gasteiger partial charge on any atom is -0.497 e. The van der Waals surface area contributed by atoms with Crippen molar-refractivity contribution in [2.75, 3.05) is 26.1 Å². The number of aryl methyl sites for hydroxylation is 1. The summed E-state index contributed by atoms with van der Waals surface area (Å²) in [5.41, 5.74) is 2.14. The number of hydrogen-bond acceptors (Lipinski definition) is 7. The monoisotopic (exact) mass is 498 g/mol. The zero-order valence-electron chi connectivity index (χ0n) is 20.1. The fraction of sp³-hybridized carbons (Fsp3) is 0.269. The lowest BCUT2D eigenvalue weighted by molar-refractivity contribution is -0.145. The summed E-state index contributed by atoms with van der Waals surface area (Å²) in [5, 5.41) is 3.28. The van der Waals surface area contributed by atoms with Gasteiger partial charge >= 0.3 is 5.97 Å². The van der Waals surface area contributed by atoms with Crippen LogP contribution in [0.15, 0.2) is 77.7 Å². The first-order chi connectivity index (χ1) is 16.8. The molecule has 0 saturated carbocycles. The van der Waals surface area contributed by atoms with Crippen molar-refractivity contribution in [1.82, 2.24) is 4.72 Å². The third-order valence-electron chi connectivity index (χ3n) is 5.37. The molecule has 0 saturated heterocycles. The number of benzene rings is 3. The van der Waals surface area contributed by atoms with Gasteiger partial charge < -0.3 is 19.5 Å². The van der Waals surface area contributed by atoms with E-state index in [1.54, 1.807) is 56.5 Å². The fourth-order valence-electron chi connectivity index (χ4n) is 3.54. The van der Waals surface area contributed by atoms with Gasteiger partial charge in [0.15, 0.2) is 0 Å². The van der Waals surface area contributed by atoms with Crippen molar-refractivity contribution in [1.29, 1.82) is 0 Å². The Labute approximate surface area is 206 Å². The van der Waals surface area contributed by atoms with Gasteiger partial charge in [0.25, 0.3) is 0 Å². The number of hydrogen-bond donors (Lipinski definition) is 2. The number of methoxy groups -OCH3 is 2. The number of sulfonamides is 1. The number of esters is 1. The summed E-state index contributed by atoms with van der Waals surface area (Å²) in [7, 11) is -0.992. The van der Waals surface area contributed by atoms with Crippen LogP contribution < -0.4 is 19.5 Å². The van der Waals surface area contributed by atoms with Gasteiger partial charge in [0, 0.05) is 6.07 Å². The Kier molecular flexibility index (Phi) is 8.73. The molecule has 186 valence electrons. The lowest BCUT2D eigenvalue weighted by Gasteiger charge is -2.29. The van der Waals surface area contributed by atoms with Crippen LogP contribution in [0, 0.1) is 6.92 Å². The van der Waals surface area contributed by atoms with Gasteiger partial charge in [-0.05, 0) is 43.7 Å². The van der Waals surface area contributed by atoms with Gasteiger partial charge in [-0.25, -0.2) is 8.42 Å². The van der Waals surface area contributed by atoms with Crippen molar-refractivity contribution in [3.8, 4) is 11.5 Å². The van der Waals surface area contributed by atoms with Gasteiger partial charge in [0.1, 0.15) is 17.5 Å². The van der Waals surface area contributed by atoms with Crippen LogP contribution in [0.1, 0.15) is 24.1 Å². The molecule has 0 aliphatic rings. The second-order valence-corrected chi connectivity index (χ2v) is 9.48. The molecule has 3 rings (SSSR count). The average molecular weight is 499 g/mol. The van der Waals surface area contributed by atoms with Crippen molar-refractivity contribution in [2.24, 2.45) is 0 Å². The highest BCUT2D eigenvalue weighted by Crippen LogP contribution is 2.33. The summed E-state index contributed by atoms with van der Waals surface area (Å²) in [4.78, 5) is 13.2. The Bertz CT molecular complexity index is 1230. The minimum atomic E-state index is -4.05. The maximum atomic E-state index is 13.3. The highest BCUT2D eigenvalue weighted by Gasteiger charge is 2.35. The van der Waals surface area contributed by atoms with Gasteiger partial charge in [-0.1, -0.05) is 48.0 Å². The number of carbonyl (C=O) groups excluding carboxylic acids is 1. The van der Waals surface area contributed by atoms with E-state index in [0.717, 1.165) is 5.56 Å². The number of ether oxygens (including phenoxy) is 3. The summed E-state index contributed by atoms with van der Waals surface area (Å²) < 4.78 is 45.1. The first-order valence-electron chi connectivity index (χ1n) is 11.1. The highest BCUT2D eigenvalue weighted by molar-refractivity contribution is 7.89. The Morgan fingerprint density at radius 2 is 1.63 bits per heavy atom. The summed E-state index contributed by atoms with van der Waals surface area (Å²) in [5.74, 6) is 0.344. The largest absolute Gasteiger partial charge is 0.497 e. The first-order valence-corrected chi connectivity index (χ1v) is 12.6. The molecule has 0 aromatic heterocycles. The number of anilines is 1. The van der Waals surface area contributed by atoms with Crippen LogP contribution in [0.25, 0.3) is 0 Å². The summed E-state index contributed by atoms with van der Waals surface area (Å²) in [6, 6.07) is 18.5. The number of carbonyl (C=O) groups is 1. The third kappa shape index (κ3) is 6.52. The van der Waals surface area contributed by atoms with E-state index >= 15 is 0 Å². The average Bonchev–Trinajstić information content (AvgIpc) is 2.87. The predicted octanol–water partition coefficient (Wildman–Crippen LogP) is 4.08. The molecule has 35 heavy (non-hydrogen) atoms. The molecular formula is C26H30N2O6S. The molecule has 0 spiro atoms. The zero-order chi connectivity index (χ0) is 25.4. The van der Waals surface area contributed by atoms with E-state index in [1.807, 2.05) is 25.1 Å². The van der Waals surface area contributed by atoms with Gasteiger partial charge in [-0.3, -0.25) is 4.79 Å². The highest BCUT2D eigenvalue weighted by atomic mass is 32.2. The standard InChI is InChI=1S/C26H30N2O6S/c1-5-34-26(29)25(28-35(30,31)21-14-11-18(2)12-15-21)24(19-9-7-6-8-10-19)27-22-16-13-20(32-3)17-23(22)33-4/h6-17,24-25,27-28H,5H2,1-4H3/t24-,25+/m1/s1. The van der Waals surface area contributed by atoms with E-state index in [1.165, 1.54) is 19.2 Å². The van der Waals surface area contributed by atoms with Gasteiger partial charge in [0.2, 0.25) is 10.0 Å². The topological polar surface area (TPSA) is 103 Å². The van der Waals surface area contributed by atoms with Crippen molar-refractivity contribution in [3.63, 3.8) is 0 Å². The molecule has 0 aliphatic carbocycles. The van der Waals surface area contributed by atoms with Crippen LogP contribution in [0.3, 0.4) is 0 Å². The van der Waals surface area contributed by atoms with Crippen LogP contribution in [0.5, 0.6) is 11.5 Å². The van der Waals surface area contributed by atoms with Gasteiger partial charge in [-0.15, -0.1) is 0 Å². The van der Waals surface area contributed by atoms with Crippen molar-refractivity contribution in [2.45, 2.75) is 30.8 Å². The van der Waals surface area contributed by atoms with E-state index < -0.39 is 28.1 Å². The molecule has 2 N–H and O–H groups in total. The Morgan fingerprint density at radius 3 is 2.23 bits per heavy atom. The molecule has 8 nitrogen and oxygen atoms in total. The Morgan fingerprint density at radius 1 is 0.943 bits per heavy atom. The van der Waals surface area contributed by atoms with E-state index in [4.69, 9.17) is 14.2 Å². The van der Waals surface area contributed by atoms with Crippen molar-refractivity contribution in [3.05, 3.63) is 83.9 Å². The lowest BCUT2D eigenvalue weighted by Crippen LogP contribution is -2.48. The smallest absolute Gasteiger partial charge is 0.326 e. The van der Waals surface area contributed by atoms with E-state index in [0.29, 0.717) is 22.7 Å². The normalized spacial score (nSPS) is 12.9. The molecule has 0 radical (unpaired) electrons. The molecule has 0 heterocycles. The van der Waals surface area contributed by atoms with E-state index in [2.05, 4.69) is 10.0 Å². The lowest BCUT2D eigenvalue weighted by atomic mass is 9.99. The molecule has 3 aromatic rings. The van der Waals surface area contributed by atoms with Crippen LogP contribution in [-0.4, -0.2) is 41.3 Å². The molecule has 0 aliphatic heterocycles. The van der Waals surface area contributed by atoms with Gasteiger partial charge in [0.05, 0.1) is 37.5 Å². The Balaban J connectivity index is 2.07. The number of nitrogens with one attached hydrogen (secondary N) is 2. The maximum Gasteiger partial charge on any atom is 0.326 e. The molecule has 0 bridgehead atoms. The molecule has 0 fully saturated rings.